The predicted molar refractivity (Wildman–Crippen MR) is 56.3 cm³/mol. The highest BCUT2D eigenvalue weighted by Gasteiger charge is 2.53. The summed E-state index contributed by atoms with van der Waals surface area (Å²) in [6.45, 7) is 0.653. The van der Waals surface area contributed by atoms with Crippen LogP contribution in [0.2, 0.25) is 0 Å². The number of rotatable bonds is 4. The van der Waals surface area contributed by atoms with Crippen molar-refractivity contribution in [1.82, 2.24) is 10.2 Å². The number of β-amino-alcohol motifs (C(OH)–C–C–N with tert-alkyl or cyclic N) is 1. The van der Waals surface area contributed by atoms with Crippen LogP contribution in [0.5, 0.6) is 0 Å². The van der Waals surface area contributed by atoms with E-state index in [0.717, 1.165) is 12.8 Å². The Bertz CT molecular complexity index is 308. The summed E-state index contributed by atoms with van der Waals surface area (Å²) >= 11 is 0. The van der Waals surface area contributed by atoms with E-state index in [1.165, 1.54) is 0 Å². The molecule has 90 valence electrons. The molecule has 16 heavy (non-hydrogen) atoms. The lowest BCUT2D eigenvalue weighted by Gasteiger charge is -2.47. The fourth-order valence-corrected chi connectivity index (χ4v) is 2.03. The second kappa shape index (κ2) is 4.03. The van der Waals surface area contributed by atoms with Crippen molar-refractivity contribution >= 4 is 11.8 Å². The average Bonchev–Trinajstić information content (AvgIpc) is 3.04. The summed E-state index contributed by atoms with van der Waals surface area (Å²) < 4.78 is 0. The van der Waals surface area contributed by atoms with Gasteiger partial charge in [0.15, 0.2) is 0 Å². The summed E-state index contributed by atoms with van der Waals surface area (Å²) in [5.74, 6) is -0.131. The topological polar surface area (TPSA) is 95.7 Å². The lowest BCUT2D eigenvalue weighted by atomic mass is 9.89. The maximum atomic E-state index is 11.5. The summed E-state index contributed by atoms with van der Waals surface area (Å²) in [6, 6.07) is 0. The Labute approximate surface area is 93.8 Å². The molecule has 0 unspecified atom stereocenters. The Morgan fingerprint density at radius 1 is 1.44 bits per heavy atom. The maximum Gasteiger partial charge on any atom is 0.242 e. The zero-order chi connectivity index (χ0) is 11.8. The Morgan fingerprint density at radius 2 is 2.06 bits per heavy atom. The van der Waals surface area contributed by atoms with Gasteiger partial charge in [-0.2, -0.15) is 0 Å². The summed E-state index contributed by atoms with van der Waals surface area (Å²) in [5, 5.41) is 12.4. The van der Waals surface area contributed by atoms with E-state index >= 15 is 0 Å². The van der Waals surface area contributed by atoms with Crippen LogP contribution in [-0.2, 0) is 9.59 Å². The molecule has 0 radical (unpaired) electrons. The minimum atomic E-state index is -0.659. The van der Waals surface area contributed by atoms with Gasteiger partial charge in [-0.15, -0.1) is 0 Å². The van der Waals surface area contributed by atoms with Crippen LogP contribution < -0.4 is 11.1 Å². The van der Waals surface area contributed by atoms with Crippen molar-refractivity contribution in [2.75, 3.05) is 26.2 Å². The van der Waals surface area contributed by atoms with Crippen molar-refractivity contribution in [3.8, 4) is 0 Å². The molecule has 1 saturated heterocycles. The van der Waals surface area contributed by atoms with Gasteiger partial charge in [-0.1, -0.05) is 0 Å². The van der Waals surface area contributed by atoms with Crippen LogP contribution in [-0.4, -0.2) is 53.6 Å². The summed E-state index contributed by atoms with van der Waals surface area (Å²) in [5.41, 5.74) is 4.44. The zero-order valence-corrected chi connectivity index (χ0v) is 9.11. The number of aliphatic hydroxyl groups is 1. The number of nitrogens with zero attached hydrogens (tertiary/aromatic N) is 1. The largest absolute Gasteiger partial charge is 0.386 e. The number of carbonyl (C=O) groups excluding carboxylic acids is 2. The van der Waals surface area contributed by atoms with Crippen LogP contribution in [0.3, 0.4) is 0 Å². The van der Waals surface area contributed by atoms with Gasteiger partial charge in [-0.25, -0.2) is 0 Å². The number of carbonyl (C=O) groups is 2. The summed E-state index contributed by atoms with van der Waals surface area (Å²) in [7, 11) is 0. The summed E-state index contributed by atoms with van der Waals surface area (Å²) in [4.78, 5) is 23.9. The highest BCUT2D eigenvalue weighted by Crippen LogP contribution is 2.44. The monoisotopic (exact) mass is 227 g/mol. The molecule has 0 aromatic rings. The van der Waals surface area contributed by atoms with Crippen LogP contribution in [0.1, 0.15) is 12.8 Å². The number of nitrogens with one attached hydrogen (secondary N) is 1. The molecule has 6 nitrogen and oxygen atoms in total. The SMILES string of the molecule is NCC(=O)NCC(=O)N1CC(O)(C2CC2)C1. The Hall–Kier alpha value is -1.14. The molecule has 1 heterocycles. The van der Waals surface area contributed by atoms with Crippen molar-refractivity contribution < 1.29 is 14.7 Å². The van der Waals surface area contributed by atoms with Crippen LogP contribution >= 0.6 is 0 Å². The van der Waals surface area contributed by atoms with E-state index in [-0.39, 0.29) is 24.9 Å². The molecule has 2 amide bonds. The first kappa shape index (κ1) is 11.3. The van der Waals surface area contributed by atoms with E-state index in [4.69, 9.17) is 5.73 Å². The number of hydrogen-bond donors (Lipinski definition) is 3. The molecule has 0 atom stereocenters. The van der Waals surface area contributed by atoms with E-state index in [1.54, 1.807) is 4.90 Å². The van der Waals surface area contributed by atoms with E-state index in [2.05, 4.69) is 5.32 Å². The lowest BCUT2D eigenvalue weighted by Crippen LogP contribution is -2.65. The Kier molecular flexibility index (Phi) is 2.86. The molecule has 6 heteroatoms. The van der Waals surface area contributed by atoms with Gasteiger partial charge in [-0.05, 0) is 18.8 Å². The number of amides is 2. The van der Waals surface area contributed by atoms with Gasteiger partial charge in [0.2, 0.25) is 11.8 Å². The standard InChI is InChI=1S/C10H17N3O3/c11-3-8(14)12-4-9(15)13-5-10(16,6-13)7-1-2-7/h7,16H,1-6,11H2,(H,12,14). The normalized spacial score (nSPS) is 22.5. The molecule has 1 saturated carbocycles. The third kappa shape index (κ3) is 2.17. The van der Waals surface area contributed by atoms with Crippen LogP contribution in [0.15, 0.2) is 0 Å². The first-order valence-electron chi connectivity index (χ1n) is 5.52. The fraction of sp³-hybridized carbons (Fsp3) is 0.800. The number of likely N-dealkylation sites (tertiary alicyclic amines) is 1. The molecule has 4 N–H and O–H groups in total. The van der Waals surface area contributed by atoms with E-state index in [1.807, 2.05) is 0 Å². The Morgan fingerprint density at radius 3 is 2.56 bits per heavy atom. The minimum absolute atomic E-state index is 0.0310. The van der Waals surface area contributed by atoms with Gasteiger partial charge in [0.1, 0.15) is 5.60 Å². The van der Waals surface area contributed by atoms with Crippen molar-refractivity contribution in [2.45, 2.75) is 18.4 Å². The quantitative estimate of drug-likeness (QED) is 0.520. The molecule has 0 spiro atoms. The first-order valence-corrected chi connectivity index (χ1v) is 5.52. The smallest absolute Gasteiger partial charge is 0.242 e. The van der Waals surface area contributed by atoms with E-state index in [9.17, 15) is 14.7 Å². The van der Waals surface area contributed by atoms with Crippen molar-refractivity contribution in [3.05, 3.63) is 0 Å². The van der Waals surface area contributed by atoms with Crippen LogP contribution in [0, 0.1) is 5.92 Å². The van der Waals surface area contributed by atoms with Gasteiger partial charge in [-0.3, -0.25) is 9.59 Å². The molecular formula is C10H17N3O3. The van der Waals surface area contributed by atoms with E-state index in [0.29, 0.717) is 19.0 Å². The third-order valence-corrected chi connectivity index (χ3v) is 3.24. The molecule has 0 bridgehead atoms. The minimum Gasteiger partial charge on any atom is -0.386 e. The highest BCUT2D eigenvalue weighted by molar-refractivity contribution is 5.86. The molecule has 0 aromatic heterocycles. The molecule has 2 aliphatic rings. The summed E-state index contributed by atoms with van der Waals surface area (Å²) in [6.07, 6.45) is 2.12. The first-order chi connectivity index (χ1) is 7.55. The van der Waals surface area contributed by atoms with Gasteiger partial charge < -0.3 is 21.1 Å². The molecule has 2 fully saturated rings. The predicted octanol–water partition coefficient (Wildman–Crippen LogP) is -1.96. The number of nitrogens with two attached hydrogens (primary N) is 1. The van der Waals surface area contributed by atoms with Gasteiger partial charge in [0.05, 0.1) is 26.2 Å². The maximum absolute atomic E-state index is 11.5. The molecule has 1 aliphatic heterocycles. The lowest BCUT2D eigenvalue weighted by molar-refractivity contribution is -0.158. The second-order valence-corrected chi connectivity index (χ2v) is 4.61. The van der Waals surface area contributed by atoms with E-state index < -0.39 is 5.60 Å². The van der Waals surface area contributed by atoms with Crippen LogP contribution in [0.4, 0.5) is 0 Å². The fourth-order valence-electron chi connectivity index (χ4n) is 2.03. The molecule has 2 rings (SSSR count). The number of hydrogen-bond acceptors (Lipinski definition) is 4. The highest BCUT2D eigenvalue weighted by atomic mass is 16.3. The van der Waals surface area contributed by atoms with Gasteiger partial charge >= 0.3 is 0 Å². The van der Waals surface area contributed by atoms with Crippen molar-refractivity contribution in [2.24, 2.45) is 11.7 Å². The average molecular weight is 227 g/mol. The Balaban J connectivity index is 1.70. The van der Waals surface area contributed by atoms with Crippen molar-refractivity contribution in [3.63, 3.8) is 0 Å². The second-order valence-electron chi connectivity index (χ2n) is 4.61. The molecule has 0 aromatic carbocycles. The molecular weight excluding hydrogens is 210 g/mol. The van der Waals surface area contributed by atoms with Crippen LogP contribution in [0.25, 0.3) is 0 Å². The van der Waals surface area contributed by atoms with Gasteiger partial charge in [0, 0.05) is 0 Å². The molecule has 1 aliphatic carbocycles. The van der Waals surface area contributed by atoms with Crippen molar-refractivity contribution in [1.29, 1.82) is 0 Å². The zero-order valence-electron chi connectivity index (χ0n) is 9.11. The van der Waals surface area contributed by atoms with Gasteiger partial charge in [0.25, 0.3) is 0 Å². The third-order valence-electron chi connectivity index (χ3n) is 3.24.